The predicted molar refractivity (Wildman–Crippen MR) is 147 cm³/mol. The van der Waals surface area contributed by atoms with Gasteiger partial charge in [0.2, 0.25) is 18.6 Å². The number of pyridine rings is 1. The van der Waals surface area contributed by atoms with E-state index in [1.165, 1.54) is 17.0 Å². The molecule has 0 radical (unpaired) electrons. The van der Waals surface area contributed by atoms with Gasteiger partial charge >= 0.3 is 5.97 Å². The number of carboxylic acids is 1. The van der Waals surface area contributed by atoms with Gasteiger partial charge in [0.25, 0.3) is 0 Å². The van der Waals surface area contributed by atoms with E-state index in [1.807, 2.05) is 18.2 Å². The van der Waals surface area contributed by atoms with Crippen LogP contribution in [0.25, 0.3) is 22.6 Å². The van der Waals surface area contributed by atoms with E-state index >= 15 is 0 Å². The number of aromatic nitrogens is 5. The number of carbonyl (C=O) groups is 2. The summed E-state index contributed by atoms with van der Waals surface area (Å²) in [5.74, 6) is -0.633. The van der Waals surface area contributed by atoms with Gasteiger partial charge in [-0.15, -0.1) is 0 Å². The number of carboxylic acid groups (broad SMARTS) is 1. The van der Waals surface area contributed by atoms with E-state index in [9.17, 15) is 19.1 Å². The number of ether oxygens (including phenoxy) is 2. The number of halogens is 1. The third-order valence-electron chi connectivity index (χ3n) is 5.96. The van der Waals surface area contributed by atoms with Gasteiger partial charge in [0.1, 0.15) is 11.2 Å². The van der Waals surface area contributed by atoms with Gasteiger partial charge in [-0.2, -0.15) is 0 Å². The molecule has 0 unspecified atom stereocenters. The fourth-order valence-corrected chi connectivity index (χ4v) is 3.65. The Morgan fingerprint density at radius 2 is 1.83 bits per heavy atom. The lowest BCUT2D eigenvalue weighted by Crippen LogP contribution is -2.42. The highest BCUT2D eigenvalue weighted by molar-refractivity contribution is 5.77. The van der Waals surface area contributed by atoms with E-state index in [0.717, 1.165) is 12.1 Å². The number of hydrogen-bond acceptors (Lipinski definition) is 9. The Kier molecular flexibility index (Phi) is 9.32. The first-order chi connectivity index (χ1) is 19.7. The highest BCUT2D eigenvalue weighted by Crippen LogP contribution is 2.35. The van der Waals surface area contributed by atoms with Crippen LogP contribution in [0.4, 0.5) is 10.3 Å². The molecule has 214 valence electrons. The van der Waals surface area contributed by atoms with Gasteiger partial charge in [-0.1, -0.05) is 6.07 Å². The van der Waals surface area contributed by atoms with Crippen LogP contribution in [0.5, 0.6) is 0 Å². The van der Waals surface area contributed by atoms with Gasteiger partial charge in [0.15, 0.2) is 5.82 Å². The van der Waals surface area contributed by atoms with E-state index in [4.69, 9.17) is 9.47 Å². The summed E-state index contributed by atoms with van der Waals surface area (Å²) in [7, 11) is 3.38. The summed E-state index contributed by atoms with van der Waals surface area (Å²) in [6.07, 6.45) is 3.18. The third-order valence-corrected chi connectivity index (χ3v) is 5.96. The van der Waals surface area contributed by atoms with Crippen molar-refractivity contribution in [3.8, 4) is 22.6 Å². The number of nitrogens with zero attached hydrogens (tertiary/aromatic N) is 5. The topological polar surface area (TPSA) is 155 Å². The number of rotatable bonds is 8. The highest BCUT2D eigenvalue weighted by Gasteiger charge is 2.41. The van der Waals surface area contributed by atoms with Gasteiger partial charge in [0.05, 0.1) is 42.5 Å². The third kappa shape index (κ3) is 7.47. The normalized spacial score (nSPS) is 18.1. The fourth-order valence-electron chi connectivity index (χ4n) is 3.65. The molecule has 0 bridgehead atoms. The van der Waals surface area contributed by atoms with Crippen LogP contribution in [0.2, 0.25) is 0 Å². The average molecular weight is 564 g/mol. The molecule has 12 nitrogen and oxygen atoms in total. The molecule has 1 saturated heterocycles. The molecule has 0 aliphatic carbocycles. The van der Waals surface area contributed by atoms with Crippen molar-refractivity contribution in [1.82, 2.24) is 29.8 Å². The highest BCUT2D eigenvalue weighted by atomic mass is 19.1. The number of amides is 1. The Morgan fingerprint density at radius 3 is 2.44 bits per heavy atom. The minimum atomic E-state index is -1.15. The maximum absolute atomic E-state index is 13.6. The van der Waals surface area contributed by atoms with E-state index < -0.39 is 17.7 Å². The zero-order chi connectivity index (χ0) is 29.4. The summed E-state index contributed by atoms with van der Waals surface area (Å²) in [6.45, 7) is 1.92. The molecule has 5 rings (SSSR count). The van der Waals surface area contributed by atoms with Crippen molar-refractivity contribution in [2.75, 3.05) is 32.6 Å². The average Bonchev–Trinajstić information content (AvgIpc) is 3.43. The predicted octanol–water partition coefficient (Wildman–Crippen LogP) is 3.52. The largest absolute Gasteiger partial charge is 0.481 e. The lowest BCUT2D eigenvalue weighted by molar-refractivity contribution is -0.236. The van der Waals surface area contributed by atoms with Gasteiger partial charge in [-0.05, 0) is 49.4 Å². The monoisotopic (exact) mass is 563 g/mol. The van der Waals surface area contributed by atoms with E-state index in [0.29, 0.717) is 41.0 Å². The zero-order valence-electron chi connectivity index (χ0n) is 22.7. The minimum Gasteiger partial charge on any atom is -0.481 e. The molecule has 4 aromatic rings. The SMILES string of the molecule is CC1(C(=O)O)COC(c2nc(-c3ccc(F)cc3)c(-c3ccnc(NCc4ccccn4)n3)[nH]2)OC1.CN(C)C=O. The number of imidazole rings is 1. The van der Waals surface area contributed by atoms with Crippen LogP contribution in [0.3, 0.4) is 0 Å². The quantitative estimate of drug-likeness (QED) is 0.271. The summed E-state index contributed by atoms with van der Waals surface area (Å²) in [5, 5.41) is 12.6. The zero-order valence-corrected chi connectivity index (χ0v) is 22.7. The first-order valence-electron chi connectivity index (χ1n) is 12.6. The molecule has 1 amide bonds. The van der Waals surface area contributed by atoms with Gasteiger partial charge < -0.3 is 29.8 Å². The number of aliphatic carboxylic acids is 1. The van der Waals surface area contributed by atoms with Crippen molar-refractivity contribution in [1.29, 1.82) is 0 Å². The van der Waals surface area contributed by atoms with Crippen molar-refractivity contribution in [2.45, 2.75) is 19.8 Å². The first kappa shape index (κ1) is 29.2. The maximum Gasteiger partial charge on any atom is 0.314 e. The van der Waals surface area contributed by atoms with E-state index in [-0.39, 0.29) is 19.0 Å². The van der Waals surface area contributed by atoms with Crippen LogP contribution in [-0.2, 0) is 25.6 Å². The minimum absolute atomic E-state index is 0.0377. The van der Waals surface area contributed by atoms with Crippen LogP contribution in [-0.4, -0.2) is 74.6 Å². The van der Waals surface area contributed by atoms with Crippen LogP contribution in [0.15, 0.2) is 60.9 Å². The lowest BCUT2D eigenvalue weighted by Gasteiger charge is -2.33. The standard InChI is InChI=1S/C25H23FN6O4.C3H7NO/c1-25(23(33)34)13-35-22(36-14-25)21-31-19(15-5-7-16(26)8-6-15)20(32-21)18-9-11-28-24(30-18)29-12-17-4-2-3-10-27-17;1-4(2)3-5/h2-11,22H,12-14H2,1H3,(H,31,32)(H,33,34)(H,28,29,30);3H,1-2H3. The molecule has 41 heavy (non-hydrogen) atoms. The number of H-pyrrole nitrogens is 1. The molecular formula is C28H30FN7O5. The smallest absolute Gasteiger partial charge is 0.314 e. The Balaban J connectivity index is 0.000000714. The second-order valence-corrected chi connectivity index (χ2v) is 9.68. The van der Waals surface area contributed by atoms with Crippen LogP contribution < -0.4 is 5.32 Å². The molecule has 1 aliphatic heterocycles. The Morgan fingerprint density at radius 1 is 1.12 bits per heavy atom. The maximum atomic E-state index is 13.6. The molecule has 0 saturated carbocycles. The van der Waals surface area contributed by atoms with Crippen molar-refractivity contribution in [3.05, 3.63) is 78.3 Å². The van der Waals surface area contributed by atoms with Crippen molar-refractivity contribution >= 4 is 18.3 Å². The number of nitrogens with one attached hydrogen (secondary N) is 2. The van der Waals surface area contributed by atoms with Crippen LogP contribution in [0.1, 0.15) is 24.7 Å². The van der Waals surface area contributed by atoms with Gasteiger partial charge in [-0.25, -0.2) is 19.3 Å². The molecule has 1 aromatic carbocycles. The fraction of sp³-hybridized carbons (Fsp3) is 0.286. The van der Waals surface area contributed by atoms with Gasteiger partial charge in [-0.3, -0.25) is 14.6 Å². The van der Waals surface area contributed by atoms with Crippen LogP contribution in [0, 0.1) is 11.2 Å². The number of benzene rings is 1. The molecule has 3 aromatic heterocycles. The summed E-state index contributed by atoms with van der Waals surface area (Å²) in [5.41, 5.74) is 1.95. The number of aromatic amines is 1. The Labute approximate surface area is 235 Å². The molecular weight excluding hydrogens is 533 g/mol. The Bertz CT molecular complexity index is 1460. The van der Waals surface area contributed by atoms with E-state index in [1.54, 1.807) is 51.6 Å². The molecule has 1 aliphatic rings. The van der Waals surface area contributed by atoms with Crippen molar-refractivity contribution < 1.29 is 28.6 Å². The number of carbonyl (C=O) groups excluding carboxylic acids is 1. The lowest BCUT2D eigenvalue weighted by atomic mass is 9.92. The summed E-state index contributed by atoms with van der Waals surface area (Å²) in [6, 6.07) is 13.3. The molecule has 3 N–H and O–H groups in total. The van der Waals surface area contributed by atoms with E-state index in [2.05, 4.69) is 30.2 Å². The number of anilines is 1. The second-order valence-electron chi connectivity index (χ2n) is 9.68. The second kappa shape index (κ2) is 13.1. The van der Waals surface area contributed by atoms with Crippen LogP contribution >= 0.6 is 0 Å². The first-order valence-corrected chi connectivity index (χ1v) is 12.6. The summed E-state index contributed by atoms with van der Waals surface area (Å²) < 4.78 is 25.0. The van der Waals surface area contributed by atoms with Crippen molar-refractivity contribution in [2.24, 2.45) is 5.41 Å². The summed E-state index contributed by atoms with van der Waals surface area (Å²) >= 11 is 0. The van der Waals surface area contributed by atoms with Crippen molar-refractivity contribution in [3.63, 3.8) is 0 Å². The van der Waals surface area contributed by atoms with Gasteiger partial charge in [0, 0.05) is 32.1 Å². The number of hydrogen-bond donors (Lipinski definition) is 3. The Hall–Kier alpha value is -4.75. The molecule has 1 fully saturated rings. The molecule has 0 spiro atoms. The molecule has 4 heterocycles. The molecule has 0 atom stereocenters. The molecule has 13 heteroatoms. The summed E-state index contributed by atoms with van der Waals surface area (Å²) in [4.78, 5) is 43.4.